The number of aromatic hydroxyl groups is 1. The molecule has 0 unspecified atom stereocenters. The van der Waals surface area contributed by atoms with Crippen molar-refractivity contribution in [2.24, 2.45) is 0 Å². The molecule has 2 saturated heterocycles. The quantitative estimate of drug-likeness (QED) is 0.928. The van der Waals surface area contributed by atoms with Crippen molar-refractivity contribution < 1.29 is 9.90 Å². The number of aryl methyl sites for hydroxylation is 1. The predicted molar refractivity (Wildman–Crippen MR) is 91.8 cm³/mol. The van der Waals surface area contributed by atoms with Gasteiger partial charge in [0.25, 0.3) is 5.91 Å². The van der Waals surface area contributed by atoms with Gasteiger partial charge in [0.05, 0.1) is 0 Å². The monoisotopic (exact) mass is 316 g/mol. The summed E-state index contributed by atoms with van der Waals surface area (Å²) >= 11 is 0. The van der Waals surface area contributed by atoms with E-state index in [1.165, 1.54) is 32.4 Å². The van der Waals surface area contributed by atoms with Crippen molar-refractivity contribution in [2.75, 3.05) is 26.2 Å². The third kappa shape index (κ3) is 3.86. The van der Waals surface area contributed by atoms with Gasteiger partial charge in [-0.1, -0.05) is 0 Å². The second-order valence-electron chi connectivity index (χ2n) is 6.99. The van der Waals surface area contributed by atoms with Gasteiger partial charge in [0.15, 0.2) is 0 Å². The molecule has 0 spiro atoms. The summed E-state index contributed by atoms with van der Waals surface area (Å²) < 4.78 is 0. The minimum Gasteiger partial charge on any atom is -0.508 e. The fraction of sp³-hybridized carbons (Fsp3) is 0.632. The number of carbonyl (C=O) groups excluding carboxylic acids is 1. The van der Waals surface area contributed by atoms with Crippen molar-refractivity contribution in [1.29, 1.82) is 0 Å². The third-order valence-electron chi connectivity index (χ3n) is 5.31. The smallest absolute Gasteiger partial charge is 0.254 e. The van der Waals surface area contributed by atoms with Crippen LogP contribution in [0.1, 0.15) is 54.4 Å². The molecule has 2 fully saturated rings. The van der Waals surface area contributed by atoms with Crippen LogP contribution in [-0.2, 0) is 0 Å². The first-order valence-corrected chi connectivity index (χ1v) is 8.98. The molecule has 23 heavy (non-hydrogen) atoms. The van der Waals surface area contributed by atoms with Gasteiger partial charge < -0.3 is 14.9 Å². The molecule has 0 radical (unpaired) electrons. The van der Waals surface area contributed by atoms with E-state index in [1.807, 2.05) is 13.0 Å². The zero-order valence-electron chi connectivity index (χ0n) is 14.1. The number of piperidine rings is 1. The molecule has 1 amide bonds. The van der Waals surface area contributed by atoms with Crippen LogP contribution in [0, 0.1) is 6.92 Å². The summed E-state index contributed by atoms with van der Waals surface area (Å²) in [5.74, 6) is 0.380. The first-order chi connectivity index (χ1) is 11.1. The summed E-state index contributed by atoms with van der Waals surface area (Å²) in [6, 6.07) is 5.55. The summed E-state index contributed by atoms with van der Waals surface area (Å²) in [4.78, 5) is 17.5. The van der Waals surface area contributed by atoms with Gasteiger partial charge in [-0.15, -0.1) is 0 Å². The molecule has 1 atom stereocenters. The van der Waals surface area contributed by atoms with Gasteiger partial charge >= 0.3 is 0 Å². The molecule has 1 aromatic carbocycles. The molecule has 126 valence electrons. The summed E-state index contributed by atoms with van der Waals surface area (Å²) in [7, 11) is 0. The molecule has 1 N–H and O–H groups in total. The number of amides is 1. The molecular formula is C19H28N2O2. The number of carbonyl (C=O) groups is 1. The van der Waals surface area contributed by atoms with E-state index in [4.69, 9.17) is 0 Å². The minimum absolute atomic E-state index is 0.124. The van der Waals surface area contributed by atoms with Crippen LogP contribution in [0.4, 0.5) is 0 Å². The SMILES string of the molecule is Cc1cc(C(=O)N2CCCC[C@@H]2CCN2CCCC2)ccc1O. The lowest BCUT2D eigenvalue weighted by atomic mass is 9.97. The molecule has 2 aliphatic rings. The number of phenols is 1. The van der Waals surface area contributed by atoms with E-state index < -0.39 is 0 Å². The second-order valence-corrected chi connectivity index (χ2v) is 6.99. The Labute approximate surface area is 139 Å². The van der Waals surface area contributed by atoms with Crippen LogP contribution in [0.5, 0.6) is 5.75 Å². The molecule has 1 aromatic rings. The van der Waals surface area contributed by atoms with Gasteiger partial charge in [0.2, 0.25) is 0 Å². The molecule has 4 heteroatoms. The minimum atomic E-state index is 0.124. The Hall–Kier alpha value is -1.55. The first kappa shape index (κ1) is 16.3. The number of phenolic OH excluding ortho intramolecular Hbond substituents is 1. The van der Waals surface area contributed by atoms with Crippen molar-refractivity contribution in [2.45, 2.75) is 51.5 Å². The average molecular weight is 316 g/mol. The van der Waals surface area contributed by atoms with Gasteiger partial charge in [0.1, 0.15) is 5.75 Å². The van der Waals surface area contributed by atoms with Crippen LogP contribution in [0.25, 0.3) is 0 Å². The Bertz CT molecular complexity index is 552. The van der Waals surface area contributed by atoms with Crippen LogP contribution in [0.2, 0.25) is 0 Å². The van der Waals surface area contributed by atoms with Crippen molar-refractivity contribution in [3.63, 3.8) is 0 Å². The van der Waals surface area contributed by atoms with Gasteiger partial charge in [0, 0.05) is 24.7 Å². The Morgan fingerprint density at radius 2 is 1.91 bits per heavy atom. The van der Waals surface area contributed by atoms with E-state index in [-0.39, 0.29) is 11.7 Å². The molecule has 3 rings (SSSR count). The van der Waals surface area contributed by atoms with Crippen LogP contribution >= 0.6 is 0 Å². The molecular weight excluding hydrogens is 288 g/mol. The summed E-state index contributed by atoms with van der Waals surface area (Å²) in [5.41, 5.74) is 1.47. The van der Waals surface area contributed by atoms with Crippen molar-refractivity contribution >= 4 is 5.91 Å². The third-order valence-corrected chi connectivity index (χ3v) is 5.31. The number of hydrogen-bond acceptors (Lipinski definition) is 3. The number of benzene rings is 1. The van der Waals surface area contributed by atoms with Crippen molar-refractivity contribution in [3.8, 4) is 5.75 Å². The van der Waals surface area contributed by atoms with E-state index in [0.717, 1.165) is 37.9 Å². The zero-order chi connectivity index (χ0) is 16.2. The lowest BCUT2D eigenvalue weighted by Crippen LogP contribution is -2.45. The molecule has 0 bridgehead atoms. The van der Waals surface area contributed by atoms with E-state index >= 15 is 0 Å². The number of hydrogen-bond donors (Lipinski definition) is 1. The average Bonchev–Trinajstić information content (AvgIpc) is 3.08. The maximum atomic E-state index is 12.9. The topological polar surface area (TPSA) is 43.8 Å². The largest absolute Gasteiger partial charge is 0.508 e. The molecule has 2 heterocycles. The maximum Gasteiger partial charge on any atom is 0.254 e. The van der Waals surface area contributed by atoms with Gasteiger partial charge in [-0.2, -0.15) is 0 Å². The second kappa shape index (κ2) is 7.35. The fourth-order valence-corrected chi connectivity index (χ4v) is 3.86. The van der Waals surface area contributed by atoms with Crippen LogP contribution in [0.15, 0.2) is 18.2 Å². The summed E-state index contributed by atoms with van der Waals surface area (Å²) in [6.07, 6.45) is 7.17. The molecule has 0 aromatic heterocycles. The van der Waals surface area contributed by atoms with E-state index in [1.54, 1.807) is 12.1 Å². The Morgan fingerprint density at radius 3 is 2.65 bits per heavy atom. The van der Waals surface area contributed by atoms with E-state index in [0.29, 0.717) is 11.6 Å². The standard InChI is InChI=1S/C19H28N2O2/c1-15-14-16(7-8-18(15)22)19(23)21-12-3-2-6-17(21)9-13-20-10-4-5-11-20/h7-8,14,17,22H,2-6,9-13H2,1H3/t17-/m1/s1. The van der Waals surface area contributed by atoms with E-state index in [2.05, 4.69) is 9.80 Å². The van der Waals surface area contributed by atoms with Gasteiger partial charge in [-0.3, -0.25) is 4.79 Å². The highest BCUT2D eigenvalue weighted by molar-refractivity contribution is 5.94. The van der Waals surface area contributed by atoms with Gasteiger partial charge in [-0.25, -0.2) is 0 Å². The van der Waals surface area contributed by atoms with Crippen LogP contribution < -0.4 is 0 Å². The first-order valence-electron chi connectivity index (χ1n) is 8.98. The molecule has 2 aliphatic heterocycles. The lowest BCUT2D eigenvalue weighted by molar-refractivity contribution is 0.0588. The molecule has 0 aliphatic carbocycles. The van der Waals surface area contributed by atoms with Crippen LogP contribution in [0.3, 0.4) is 0 Å². The number of rotatable bonds is 4. The summed E-state index contributed by atoms with van der Waals surface area (Å²) in [5, 5.41) is 9.66. The highest BCUT2D eigenvalue weighted by atomic mass is 16.3. The highest BCUT2D eigenvalue weighted by Crippen LogP contribution is 2.25. The Morgan fingerprint density at radius 1 is 1.17 bits per heavy atom. The maximum absolute atomic E-state index is 12.9. The number of nitrogens with zero attached hydrogens (tertiary/aromatic N) is 2. The predicted octanol–water partition coefficient (Wildman–Crippen LogP) is 3.18. The normalized spacial score (nSPS) is 22.5. The molecule has 4 nitrogen and oxygen atoms in total. The fourth-order valence-electron chi connectivity index (χ4n) is 3.86. The molecule has 0 saturated carbocycles. The van der Waals surface area contributed by atoms with Gasteiger partial charge in [-0.05, 0) is 82.3 Å². The Kier molecular flexibility index (Phi) is 5.21. The highest BCUT2D eigenvalue weighted by Gasteiger charge is 2.28. The number of likely N-dealkylation sites (tertiary alicyclic amines) is 2. The summed E-state index contributed by atoms with van der Waals surface area (Å²) in [6.45, 7) is 6.26. The van der Waals surface area contributed by atoms with E-state index in [9.17, 15) is 9.90 Å². The Balaban J connectivity index is 1.66. The van der Waals surface area contributed by atoms with Crippen LogP contribution in [-0.4, -0.2) is 53.0 Å². The van der Waals surface area contributed by atoms with Crippen molar-refractivity contribution in [1.82, 2.24) is 9.80 Å². The van der Waals surface area contributed by atoms with Crippen molar-refractivity contribution in [3.05, 3.63) is 29.3 Å². The lowest BCUT2D eigenvalue weighted by Gasteiger charge is -2.37. The zero-order valence-corrected chi connectivity index (χ0v) is 14.1.